The van der Waals surface area contributed by atoms with Gasteiger partial charge in [-0.05, 0) is 61.6 Å². The molecule has 3 N–H and O–H groups in total. The summed E-state index contributed by atoms with van der Waals surface area (Å²) in [6, 6.07) is 11.0. The number of benzene rings is 1. The monoisotopic (exact) mass is 470 g/mol. The molecule has 0 aliphatic heterocycles. The van der Waals surface area contributed by atoms with Crippen LogP contribution in [0.15, 0.2) is 48.9 Å². The SMILES string of the molecule is Cn1c(CNc2cccc(C(=O)NCc3cc4c(nc3O)CCCC4)c2)nnc1-c1ccncn1. The first kappa shape index (κ1) is 22.5. The molecule has 0 spiro atoms. The highest BCUT2D eigenvalue weighted by Crippen LogP contribution is 2.25. The Morgan fingerprint density at radius 2 is 2.00 bits per heavy atom. The Labute approximate surface area is 202 Å². The van der Waals surface area contributed by atoms with Gasteiger partial charge in [0.1, 0.15) is 12.0 Å². The van der Waals surface area contributed by atoms with Crippen LogP contribution < -0.4 is 10.6 Å². The molecule has 3 heterocycles. The molecule has 35 heavy (non-hydrogen) atoms. The maximum absolute atomic E-state index is 12.8. The molecule has 1 amide bonds. The first-order valence-electron chi connectivity index (χ1n) is 11.6. The fraction of sp³-hybridized carbons (Fsp3) is 0.280. The van der Waals surface area contributed by atoms with Gasteiger partial charge in [0.05, 0.1) is 6.54 Å². The number of carbonyl (C=O) groups is 1. The van der Waals surface area contributed by atoms with Crippen molar-refractivity contribution in [2.75, 3.05) is 5.32 Å². The van der Waals surface area contributed by atoms with Gasteiger partial charge in [-0.15, -0.1) is 10.2 Å². The molecule has 178 valence electrons. The van der Waals surface area contributed by atoms with Crippen molar-refractivity contribution in [1.82, 2.24) is 35.0 Å². The van der Waals surface area contributed by atoms with E-state index in [9.17, 15) is 9.90 Å². The Kier molecular flexibility index (Phi) is 6.34. The summed E-state index contributed by atoms with van der Waals surface area (Å²) in [4.78, 5) is 25.3. The van der Waals surface area contributed by atoms with E-state index in [2.05, 4.69) is 35.8 Å². The first-order valence-corrected chi connectivity index (χ1v) is 11.6. The van der Waals surface area contributed by atoms with Gasteiger partial charge in [0.15, 0.2) is 11.6 Å². The van der Waals surface area contributed by atoms with Crippen molar-refractivity contribution >= 4 is 11.6 Å². The summed E-state index contributed by atoms with van der Waals surface area (Å²) in [5.41, 5.74) is 4.75. The van der Waals surface area contributed by atoms with Crippen LogP contribution in [0.3, 0.4) is 0 Å². The van der Waals surface area contributed by atoms with Gasteiger partial charge < -0.3 is 20.3 Å². The number of pyridine rings is 1. The van der Waals surface area contributed by atoms with Crippen LogP contribution in [0.5, 0.6) is 5.88 Å². The van der Waals surface area contributed by atoms with Crippen LogP contribution in [-0.4, -0.2) is 40.7 Å². The Morgan fingerprint density at radius 3 is 2.86 bits per heavy atom. The molecular formula is C25H26N8O2. The van der Waals surface area contributed by atoms with Crippen LogP contribution in [-0.2, 0) is 33.0 Å². The fourth-order valence-corrected chi connectivity index (χ4v) is 4.19. The van der Waals surface area contributed by atoms with Gasteiger partial charge in [-0.25, -0.2) is 15.0 Å². The summed E-state index contributed by atoms with van der Waals surface area (Å²) in [7, 11) is 1.88. The molecule has 1 aliphatic carbocycles. The third-order valence-electron chi connectivity index (χ3n) is 6.15. The molecule has 0 atom stereocenters. The van der Waals surface area contributed by atoms with E-state index < -0.39 is 0 Å². The van der Waals surface area contributed by atoms with Crippen LogP contribution in [0, 0.1) is 0 Å². The lowest BCUT2D eigenvalue weighted by molar-refractivity contribution is 0.0950. The first-order chi connectivity index (χ1) is 17.1. The Morgan fingerprint density at radius 1 is 1.11 bits per heavy atom. The normalized spacial score (nSPS) is 12.7. The number of aromatic nitrogens is 6. The maximum atomic E-state index is 12.8. The van der Waals surface area contributed by atoms with Crippen molar-refractivity contribution in [3.05, 3.63) is 77.1 Å². The molecule has 0 fully saturated rings. The highest BCUT2D eigenvalue weighted by atomic mass is 16.3. The molecule has 3 aromatic heterocycles. The number of hydrogen-bond acceptors (Lipinski definition) is 8. The maximum Gasteiger partial charge on any atom is 0.251 e. The largest absolute Gasteiger partial charge is 0.493 e. The van der Waals surface area contributed by atoms with Crippen molar-refractivity contribution in [2.45, 2.75) is 38.8 Å². The highest BCUT2D eigenvalue weighted by Gasteiger charge is 2.16. The number of amides is 1. The van der Waals surface area contributed by atoms with Gasteiger partial charge in [-0.1, -0.05) is 6.07 Å². The quantitative estimate of drug-likeness (QED) is 0.376. The average Bonchev–Trinajstić information content (AvgIpc) is 3.26. The zero-order valence-corrected chi connectivity index (χ0v) is 19.4. The fourth-order valence-electron chi connectivity index (χ4n) is 4.19. The van der Waals surface area contributed by atoms with Crippen molar-refractivity contribution in [2.24, 2.45) is 7.05 Å². The lowest BCUT2D eigenvalue weighted by Gasteiger charge is -2.17. The summed E-state index contributed by atoms with van der Waals surface area (Å²) in [6.45, 7) is 0.641. The standard InChI is InChI=1S/C25H26N8O2/c1-33-22(31-32-23(33)21-9-10-26-15-29-21)14-27-19-7-4-6-17(12-19)24(34)28-13-18-11-16-5-2-3-8-20(16)30-25(18)35/h4,6-7,9-12,15,27H,2-3,5,8,13-14H2,1H3,(H,28,34)(H,30,35). The van der Waals surface area contributed by atoms with Crippen molar-refractivity contribution in [1.29, 1.82) is 0 Å². The minimum absolute atomic E-state index is 0.00798. The lowest BCUT2D eigenvalue weighted by Crippen LogP contribution is -2.23. The number of anilines is 1. The summed E-state index contributed by atoms with van der Waals surface area (Å²) in [6.07, 6.45) is 7.22. The minimum atomic E-state index is -0.226. The van der Waals surface area contributed by atoms with E-state index in [4.69, 9.17) is 0 Å². The molecule has 0 saturated carbocycles. The van der Waals surface area contributed by atoms with E-state index in [1.165, 1.54) is 6.33 Å². The smallest absolute Gasteiger partial charge is 0.251 e. The molecule has 10 heteroatoms. The van der Waals surface area contributed by atoms with Gasteiger partial charge in [0, 0.05) is 42.3 Å². The number of fused-ring (bicyclic) bond motifs is 1. The number of nitrogens with one attached hydrogen (secondary N) is 2. The molecular weight excluding hydrogens is 444 g/mol. The van der Waals surface area contributed by atoms with E-state index in [1.54, 1.807) is 24.4 Å². The van der Waals surface area contributed by atoms with Gasteiger partial charge in [-0.3, -0.25) is 4.79 Å². The second-order valence-electron chi connectivity index (χ2n) is 8.49. The minimum Gasteiger partial charge on any atom is -0.493 e. The van der Waals surface area contributed by atoms with Gasteiger partial charge >= 0.3 is 0 Å². The van der Waals surface area contributed by atoms with Gasteiger partial charge in [0.2, 0.25) is 5.88 Å². The molecule has 0 radical (unpaired) electrons. The third kappa shape index (κ3) is 4.96. The van der Waals surface area contributed by atoms with Crippen molar-refractivity contribution in [3.63, 3.8) is 0 Å². The highest BCUT2D eigenvalue weighted by molar-refractivity contribution is 5.95. The average molecular weight is 471 g/mol. The second-order valence-corrected chi connectivity index (χ2v) is 8.49. The van der Waals surface area contributed by atoms with Crippen LogP contribution in [0.2, 0.25) is 0 Å². The molecule has 4 aromatic rings. The number of aromatic hydroxyl groups is 1. The number of rotatable bonds is 7. The van der Waals surface area contributed by atoms with Crippen LogP contribution in [0.25, 0.3) is 11.5 Å². The molecule has 0 bridgehead atoms. The third-order valence-corrected chi connectivity index (χ3v) is 6.15. The van der Waals surface area contributed by atoms with Crippen molar-refractivity contribution < 1.29 is 9.90 Å². The summed E-state index contributed by atoms with van der Waals surface area (Å²) in [5, 5.41) is 24.9. The Bertz CT molecular complexity index is 1350. The second kappa shape index (κ2) is 9.88. The predicted octanol–water partition coefficient (Wildman–Crippen LogP) is 2.79. The molecule has 0 saturated heterocycles. The number of aryl methyl sites for hydroxylation is 2. The van der Waals surface area contributed by atoms with E-state index in [-0.39, 0.29) is 18.3 Å². The van der Waals surface area contributed by atoms with Gasteiger partial charge in [-0.2, -0.15) is 0 Å². The number of nitrogens with zero attached hydrogens (tertiary/aromatic N) is 6. The van der Waals surface area contributed by atoms with Crippen LogP contribution in [0.1, 0.15) is 45.8 Å². The number of carbonyl (C=O) groups excluding carboxylic acids is 1. The van der Waals surface area contributed by atoms with Crippen molar-refractivity contribution in [3.8, 4) is 17.4 Å². The van der Waals surface area contributed by atoms with E-state index >= 15 is 0 Å². The van der Waals surface area contributed by atoms with Crippen LogP contribution in [0.4, 0.5) is 5.69 Å². The molecule has 1 aromatic carbocycles. The summed E-state index contributed by atoms with van der Waals surface area (Å²) >= 11 is 0. The zero-order valence-electron chi connectivity index (χ0n) is 19.4. The van der Waals surface area contributed by atoms with E-state index in [0.717, 1.165) is 48.5 Å². The molecule has 5 rings (SSSR count). The van der Waals surface area contributed by atoms with E-state index in [0.29, 0.717) is 29.2 Å². The molecule has 0 unspecified atom stereocenters. The number of hydrogen-bond donors (Lipinski definition) is 3. The van der Waals surface area contributed by atoms with Gasteiger partial charge in [0.25, 0.3) is 5.91 Å². The Hall–Kier alpha value is -4.34. The predicted molar refractivity (Wildman–Crippen MR) is 130 cm³/mol. The Balaban J connectivity index is 1.22. The van der Waals surface area contributed by atoms with Crippen LogP contribution >= 0.6 is 0 Å². The van der Waals surface area contributed by atoms with E-state index in [1.807, 2.05) is 29.8 Å². The zero-order chi connectivity index (χ0) is 24.2. The summed E-state index contributed by atoms with van der Waals surface area (Å²) in [5.74, 6) is 1.14. The molecule has 1 aliphatic rings. The topological polar surface area (TPSA) is 131 Å². The summed E-state index contributed by atoms with van der Waals surface area (Å²) < 4.78 is 1.87. The lowest BCUT2D eigenvalue weighted by atomic mass is 9.95. The molecule has 10 nitrogen and oxygen atoms in total.